The maximum atomic E-state index is 12.6. The molecule has 23 heavy (non-hydrogen) atoms. The van der Waals surface area contributed by atoms with Gasteiger partial charge in [-0.05, 0) is 37.0 Å². The van der Waals surface area contributed by atoms with Crippen LogP contribution in [0.3, 0.4) is 0 Å². The van der Waals surface area contributed by atoms with E-state index >= 15 is 0 Å². The van der Waals surface area contributed by atoms with Gasteiger partial charge in [0.25, 0.3) is 5.91 Å². The monoisotopic (exact) mass is 323 g/mol. The summed E-state index contributed by atoms with van der Waals surface area (Å²) in [7, 11) is 0. The van der Waals surface area contributed by atoms with E-state index in [2.05, 4.69) is 28.0 Å². The van der Waals surface area contributed by atoms with Crippen molar-refractivity contribution in [3.63, 3.8) is 0 Å². The van der Waals surface area contributed by atoms with E-state index in [9.17, 15) is 18.0 Å². The van der Waals surface area contributed by atoms with Crippen molar-refractivity contribution in [3.05, 3.63) is 42.0 Å². The van der Waals surface area contributed by atoms with Crippen LogP contribution in [-0.2, 0) is 11.0 Å². The van der Waals surface area contributed by atoms with Crippen LogP contribution in [0.25, 0.3) is 0 Å². The second-order valence-electron chi connectivity index (χ2n) is 5.72. The zero-order chi connectivity index (χ0) is 16.4. The topological polar surface area (TPSA) is 53.5 Å². The Kier molecular flexibility index (Phi) is 4.11. The van der Waals surface area contributed by atoms with Crippen molar-refractivity contribution in [1.82, 2.24) is 5.43 Å². The Morgan fingerprint density at radius 1 is 1.35 bits per heavy atom. The molecule has 1 fully saturated rings. The first-order chi connectivity index (χ1) is 10.9. The van der Waals surface area contributed by atoms with E-state index in [1.165, 1.54) is 12.1 Å². The van der Waals surface area contributed by atoms with Gasteiger partial charge in [0, 0.05) is 17.3 Å². The molecule has 0 bridgehead atoms. The van der Waals surface area contributed by atoms with Crippen molar-refractivity contribution in [3.8, 4) is 0 Å². The third kappa shape index (κ3) is 3.55. The first-order valence-corrected chi connectivity index (χ1v) is 7.36. The van der Waals surface area contributed by atoms with E-state index in [1.54, 1.807) is 0 Å². The predicted molar refractivity (Wildman–Crippen MR) is 80.9 cm³/mol. The summed E-state index contributed by atoms with van der Waals surface area (Å²) < 4.78 is 37.8. The molecule has 3 rings (SSSR count). The Bertz CT molecular complexity index is 667. The molecule has 0 aliphatic heterocycles. The Morgan fingerprint density at radius 3 is 2.91 bits per heavy atom. The molecule has 0 unspecified atom stereocenters. The predicted octanol–water partition coefficient (Wildman–Crippen LogP) is 3.19. The quantitative estimate of drug-likeness (QED) is 0.660. The van der Waals surface area contributed by atoms with Crippen LogP contribution in [0.4, 0.5) is 18.9 Å². The van der Waals surface area contributed by atoms with Crippen molar-refractivity contribution in [2.24, 2.45) is 16.9 Å². The maximum Gasteiger partial charge on any atom is 0.416 e. The molecule has 0 radical (unpaired) electrons. The lowest BCUT2D eigenvalue weighted by Crippen LogP contribution is -2.36. The van der Waals surface area contributed by atoms with Gasteiger partial charge in [0.15, 0.2) is 0 Å². The molecule has 0 saturated heterocycles. The molecule has 2 atom stereocenters. The van der Waals surface area contributed by atoms with Gasteiger partial charge in [0.2, 0.25) is 0 Å². The van der Waals surface area contributed by atoms with E-state index < -0.39 is 11.7 Å². The number of anilines is 1. The molecule has 1 aromatic rings. The second-order valence-corrected chi connectivity index (χ2v) is 5.72. The van der Waals surface area contributed by atoms with Crippen molar-refractivity contribution >= 4 is 17.3 Å². The number of alkyl halides is 3. The van der Waals surface area contributed by atoms with Crippen molar-refractivity contribution in [2.45, 2.75) is 19.0 Å². The van der Waals surface area contributed by atoms with E-state index in [1.807, 2.05) is 0 Å². The van der Waals surface area contributed by atoms with Gasteiger partial charge < -0.3 is 5.32 Å². The van der Waals surface area contributed by atoms with E-state index in [4.69, 9.17) is 0 Å². The van der Waals surface area contributed by atoms with Gasteiger partial charge in [-0.2, -0.15) is 18.3 Å². The highest BCUT2D eigenvalue weighted by molar-refractivity contribution is 5.95. The van der Waals surface area contributed by atoms with E-state index in [0.29, 0.717) is 11.8 Å². The summed E-state index contributed by atoms with van der Waals surface area (Å²) in [6, 6.07) is 4.73. The molecule has 0 spiro atoms. The highest BCUT2D eigenvalue weighted by Gasteiger charge is 2.37. The SMILES string of the molecule is O=C(CNc1cccc(C(F)(F)F)c1)N/N=C1/C[C@@H]2CC=C[C@@H]12. The van der Waals surface area contributed by atoms with Gasteiger partial charge in [0.05, 0.1) is 12.1 Å². The van der Waals surface area contributed by atoms with Crippen LogP contribution in [-0.4, -0.2) is 18.2 Å². The number of rotatable bonds is 4. The summed E-state index contributed by atoms with van der Waals surface area (Å²) in [6.45, 7) is -0.137. The molecule has 2 aliphatic rings. The number of allylic oxidation sites excluding steroid dienone is 2. The van der Waals surface area contributed by atoms with Gasteiger partial charge in [-0.25, -0.2) is 5.43 Å². The summed E-state index contributed by atoms with van der Waals surface area (Å²) in [5, 5.41) is 6.75. The van der Waals surface area contributed by atoms with Crippen molar-refractivity contribution in [1.29, 1.82) is 0 Å². The lowest BCUT2D eigenvalue weighted by atomic mass is 9.74. The summed E-state index contributed by atoms with van der Waals surface area (Å²) >= 11 is 0. The zero-order valence-corrected chi connectivity index (χ0v) is 12.2. The fourth-order valence-corrected chi connectivity index (χ4v) is 2.82. The number of hydrazone groups is 1. The van der Waals surface area contributed by atoms with Gasteiger partial charge in [-0.3, -0.25) is 4.79 Å². The molecule has 1 amide bonds. The lowest BCUT2D eigenvalue weighted by Gasteiger charge is -2.31. The minimum Gasteiger partial charge on any atom is -0.376 e. The van der Waals surface area contributed by atoms with Crippen LogP contribution in [0.1, 0.15) is 18.4 Å². The second kappa shape index (κ2) is 6.06. The van der Waals surface area contributed by atoms with Gasteiger partial charge in [-0.15, -0.1) is 0 Å². The number of carbonyl (C=O) groups is 1. The molecular formula is C16H16F3N3O. The van der Waals surface area contributed by atoms with Gasteiger partial charge >= 0.3 is 6.18 Å². The number of carbonyl (C=O) groups excluding carboxylic acids is 1. The molecule has 1 saturated carbocycles. The maximum absolute atomic E-state index is 12.6. The molecular weight excluding hydrogens is 307 g/mol. The zero-order valence-electron chi connectivity index (χ0n) is 12.2. The number of amides is 1. The Balaban J connectivity index is 1.50. The smallest absolute Gasteiger partial charge is 0.376 e. The number of halogens is 3. The fraction of sp³-hybridized carbons (Fsp3) is 0.375. The number of benzene rings is 1. The highest BCUT2D eigenvalue weighted by Crippen LogP contribution is 2.40. The molecule has 0 heterocycles. The Labute approximate surface area is 131 Å². The minimum atomic E-state index is -4.40. The third-order valence-corrected chi connectivity index (χ3v) is 4.11. The van der Waals surface area contributed by atoms with Gasteiger partial charge in [-0.1, -0.05) is 18.2 Å². The lowest BCUT2D eigenvalue weighted by molar-refractivity contribution is -0.137. The largest absolute Gasteiger partial charge is 0.416 e. The number of nitrogens with zero attached hydrogens (tertiary/aromatic N) is 1. The number of hydrogen-bond donors (Lipinski definition) is 2. The van der Waals surface area contributed by atoms with Gasteiger partial charge in [0.1, 0.15) is 0 Å². The summed E-state index contributed by atoms with van der Waals surface area (Å²) in [5.74, 6) is 0.570. The molecule has 1 aromatic carbocycles. The minimum absolute atomic E-state index is 0.137. The van der Waals surface area contributed by atoms with E-state index in [0.717, 1.165) is 30.7 Å². The van der Waals surface area contributed by atoms with Crippen molar-refractivity contribution in [2.75, 3.05) is 11.9 Å². The normalized spacial score (nSPS) is 24.2. The standard InChI is InChI=1S/C16H16F3N3O/c17-16(18,19)11-4-2-5-12(8-11)20-9-15(23)22-21-14-7-10-3-1-6-13(10)14/h1-2,4-6,8,10,13,20H,3,7,9H2,(H,22,23)/b21-14-/t10-,13+/m0/s1. The molecule has 4 nitrogen and oxygen atoms in total. The number of fused-ring (bicyclic) bond motifs is 1. The van der Waals surface area contributed by atoms with Crippen LogP contribution in [0.5, 0.6) is 0 Å². The summed E-state index contributed by atoms with van der Waals surface area (Å²) in [6.07, 6.45) is 1.77. The molecule has 122 valence electrons. The average molecular weight is 323 g/mol. The molecule has 2 aliphatic carbocycles. The van der Waals surface area contributed by atoms with Crippen LogP contribution in [0.2, 0.25) is 0 Å². The highest BCUT2D eigenvalue weighted by atomic mass is 19.4. The Morgan fingerprint density at radius 2 is 2.17 bits per heavy atom. The third-order valence-electron chi connectivity index (χ3n) is 4.11. The fourth-order valence-electron chi connectivity index (χ4n) is 2.82. The summed E-state index contributed by atoms with van der Waals surface area (Å²) in [4.78, 5) is 11.7. The molecule has 7 heteroatoms. The first-order valence-electron chi connectivity index (χ1n) is 7.36. The first kappa shape index (κ1) is 15.6. The van der Waals surface area contributed by atoms with Crippen molar-refractivity contribution < 1.29 is 18.0 Å². The summed E-state index contributed by atoms with van der Waals surface area (Å²) in [5.41, 5.74) is 2.89. The van der Waals surface area contributed by atoms with Crippen LogP contribution in [0, 0.1) is 11.8 Å². The van der Waals surface area contributed by atoms with Crippen LogP contribution < -0.4 is 10.7 Å². The molecule has 0 aromatic heterocycles. The van der Waals surface area contributed by atoms with Crippen LogP contribution >= 0.6 is 0 Å². The average Bonchev–Trinajstić information content (AvgIpc) is 2.86. The molecule has 2 N–H and O–H groups in total. The number of nitrogens with one attached hydrogen (secondary N) is 2. The van der Waals surface area contributed by atoms with Crippen LogP contribution in [0.15, 0.2) is 41.5 Å². The van der Waals surface area contributed by atoms with E-state index in [-0.39, 0.29) is 18.1 Å². The Hall–Kier alpha value is -2.31. The number of hydrogen-bond acceptors (Lipinski definition) is 3.